The normalized spacial score (nSPS) is 12.1. The van der Waals surface area contributed by atoms with Gasteiger partial charge in [0.2, 0.25) is 0 Å². The number of esters is 3. The van der Waals surface area contributed by atoms with Gasteiger partial charge < -0.3 is 14.2 Å². The summed E-state index contributed by atoms with van der Waals surface area (Å²) in [6, 6.07) is 0. The van der Waals surface area contributed by atoms with Crippen LogP contribution in [-0.2, 0) is 28.6 Å². The van der Waals surface area contributed by atoms with Crippen molar-refractivity contribution in [2.24, 2.45) is 0 Å². The van der Waals surface area contributed by atoms with E-state index in [2.05, 4.69) is 45.1 Å². The molecule has 0 aromatic heterocycles. The molecule has 0 amide bonds. The van der Waals surface area contributed by atoms with Crippen molar-refractivity contribution >= 4 is 17.9 Å². The van der Waals surface area contributed by atoms with Gasteiger partial charge in [-0.05, 0) is 64.2 Å². The fraction of sp³-hybridized carbons (Fsp3) is 0.873. The molecule has 358 valence electrons. The summed E-state index contributed by atoms with van der Waals surface area (Å²) in [5.74, 6) is -0.869. The molecule has 0 fully saturated rings. The van der Waals surface area contributed by atoms with Crippen molar-refractivity contribution in [1.29, 1.82) is 0 Å². The van der Waals surface area contributed by atoms with E-state index in [1.54, 1.807) is 0 Å². The summed E-state index contributed by atoms with van der Waals surface area (Å²) in [7, 11) is 0. The van der Waals surface area contributed by atoms with Crippen LogP contribution in [0.15, 0.2) is 24.3 Å². The van der Waals surface area contributed by atoms with Crippen LogP contribution in [0.1, 0.15) is 290 Å². The van der Waals surface area contributed by atoms with Gasteiger partial charge in [-0.1, -0.05) is 231 Å². The Balaban J connectivity index is 4.25. The minimum atomic E-state index is -0.769. The van der Waals surface area contributed by atoms with E-state index in [9.17, 15) is 14.4 Å². The third kappa shape index (κ3) is 48.8. The molecule has 0 aliphatic rings. The lowest BCUT2D eigenvalue weighted by molar-refractivity contribution is -0.167. The third-order valence-electron chi connectivity index (χ3n) is 11.9. The van der Waals surface area contributed by atoms with Gasteiger partial charge in [-0.25, -0.2) is 0 Å². The first-order chi connectivity index (χ1) is 30.0. The van der Waals surface area contributed by atoms with Gasteiger partial charge in [0.25, 0.3) is 0 Å². The van der Waals surface area contributed by atoms with Crippen LogP contribution in [0.4, 0.5) is 0 Å². The molecule has 6 nitrogen and oxygen atoms in total. The second kappa shape index (κ2) is 50.5. The summed E-state index contributed by atoms with van der Waals surface area (Å²) in [6.07, 6.45) is 57.4. The second-order valence-corrected chi connectivity index (χ2v) is 18.1. The molecule has 0 aromatic rings. The predicted octanol–water partition coefficient (Wildman–Crippen LogP) is 17.5. The highest BCUT2D eigenvalue weighted by Gasteiger charge is 2.19. The molecule has 61 heavy (non-hydrogen) atoms. The molecule has 0 rings (SSSR count). The van der Waals surface area contributed by atoms with Crippen molar-refractivity contribution in [1.82, 2.24) is 0 Å². The van der Waals surface area contributed by atoms with E-state index in [0.717, 1.165) is 64.2 Å². The molecule has 1 atom stereocenters. The minimum absolute atomic E-state index is 0.0703. The number of hydrogen-bond donors (Lipinski definition) is 0. The number of allylic oxidation sites excluding steroid dienone is 4. The van der Waals surface area contributed by atoms with Crippen LogP contribution >= 0.6 is 0 Å². The lowest BCUT2D eigenvalue weighted by Crippen LogP contribution is -2.30. The Kier molecular flexibility index (Phi) is 48.8. The summed E-state index contributed by atoms with van der Waals surface area (Å²) in [6.45, 7) is 6.61. The third-order valence-corrected chi connectivity index (χ3v) is 11.9. The van der Waals surface area contributed by atoms with Crippen molar-refractivity contribution in [2.45, 2.75) is 297 Å². The van der Waals surface area contributed by atoms with Crippen LogP contribution in [0.5, 0.6) is 0 Å². The number of carbonyl (C=O) groups excluding carboxylic acids is 3. The maximum Gasteiger partial charge on any atom is 0.306 e. The van der Waals surface area contributed by atoms with Crippen molar-refractivity contribution < 1.29 is 28.6 Å². The molecule has 0 bridgehead atoms. The van der Waals surface area contributed by atoms with Gasteiger partial charge in [0.1, 0.15) is 13.2 Å². The molecule has 0 spiro atoms. The van der Waals surface area contributed by atoms with Crippen LogP contribution in [0.25, 0.3) is 0 Å². The summed E-state index contributed by atoms with van der Waals surface area (Å²) in [5, 5.41) is 0. The monoisotopic (exact) mass is 859 g/mol. The molecule has 0 N–H and O–H groups in total. The molecular formula is C55H102O6. The predicted molar refractivity (Wildman–Crippen MR) is 261 cm³/mol. The zero-order valence-corrected chi connectivity index (χ0v) is 40.9. The van der Waals surface area contributed by atoms with Crippen LogP contribution in [0.3, 0.4) is 0 Å². The number of carbonyl (C=O) groups is 3. The Labute approximate surface area is 379 Å². The minimum Gasteiger partial charge on any atom is -0.462 e. The molecule has 6 heteroatoms. The molecule has 0 unspecified atom stereocenters. The number of ether oxygens (including phenoxy) is 3. The highest BCUT2D eigenvalue weighted by atomic mass is 16.6. The quantitative estimate of drug-likeness (QED) is 0.0262. The molecule has 0 heterocycles. The van der Waals surface area contributed by atoms with Gasteiger partial charge in [-0.3, -0.25) is 14.4 Å². The maximum atomic E-state index is 12.8. The Morgan fingerprint density at radius 3 is 0.869 bits per heavy atom. The van der Waals surface area contributed by atoms with E-state index in [4.69, 9.17) is 14.2 Å². The summed E-state index contributed by atoms with van der Waals surface area (Å²) < 4.78 is 16.8. The summed E-state index contributed by atoms with van der Waals surface area (Å²) in [4.78, 5) is 37.9. The molecule has 0 saturated carbocycles. The van der Waals surface area contributed by atoms with E-state index < -0.39 is 6.10 Å². The van der Waals surface area contributed by atoms with Gasteiger partial charge in [-0.2, -0.15) is 0 Å². The van der Waals surface area contributed by atoms with E-state index in [1.165, 1.54) is 186 Å². The molecule has 0 saturated heterocycles. The lowest BCUT2D eigenvalue weighted by Gasteiger charge is -2.18. The molecule has 0 aliphatic carbocycles. The Bertz CT molecular complexity index is 989. The van der Waals surface area contributed by atoms with E-state index in [-0.39, 0.29) is 31.1 Å². The van der Waals surface area contributed by atoms with E-state index in [0.29, 0.717) is 19.3 Å². The average molecular weight is 859 g/mol. The Morgan fingerprint density at radius 2 is 0.557 bits per heavy atom. The van der Waals surface area contributed by atoms with Gasteiger partial charge in [0, 0.05) is 19.3 Å². The number of rotatable bonds is 49. The first-order valence-electron chi connectivity index (χ1n) is 26.8. The second-order valence-electron chi connectivity index (χ2n) is 18.1. The number of hydrogen-bond acceptors (Lipinski definition) is 6. The SMILES string of the molecule is CCCC/C=C\CCCCCCCC(=O)OC[C@H](COC(=O)CCCCCCCCCCCCC)OC(=O)CCCCCCCCCCCCC/C=C\CCCCCCCC. The standard InChI is InChI=1S/C55H102O6/c1-4-7-10-13-16-19-22-23-24-25-26-27-28-29-30-31-34-37-40-43-46-49-55(58)61-52(50-59-53(56)47-44-41-38-35-32-20-17-14-11-8-5-2)51-60-54(57)48-45-42-39-36-33-21-18-15-12-9-6-3/h14,17,23-24,52H,4-13,15-16,18-22,25-51H2,1-3H3/b17-14-,24-23-/t52-/m1/s1. The van der Waals surface area contributed by atoms with Crippen LogP contribution in [0, 0.1) is 0 Å². The van der Waals surface area contributed by atoms with Crippen molar-refractivity contribution in [3.63, 3.8) is 0 Å². The van der Waals surface area contributed by atoms with Gasteiger partial charge in [0.05, 0.1) is 0 Å². The smallest absolute Gasteiger partial charge is 0.306 e. The highest BCUT2D eigenvalue weighted by molar-refractivity contribution is 5.71. The largest absolute Gasteiger partial charge is 0.462 e. The molecule has 0 aliphatic heterocycles. The Hall–Kier alpha value is -2.11. The molecule has 0 aromatic carbocycles. The van der Waals surface area contributed by atoms with E-state index in [1.807, 2.05) is 0 Å². The fourth-order valence-electron chi connectivity index (χ4n) is 7.83. The fourth-order valence-corrected chi connectivity index (χ4v) is 7.83. The van der Waals surface area contributed by atoms with Crippen LogP contribution < -0.4 is 0 Å². The summed E-state index contributed by atoms with van der Waals surface area (Å²) in [5.41, 5.74) is 0. The zero-order valence-electron chi connectivity index (χ0n) is 40.9. The van der Waals surface area contributed by atoms with Crippen molar-refractivity contribution in [3.8, 4) is 0 Å². The summed E-state index contributed by atoms with van der Waals surface area (Å²) >= 11 is 0. The Morgan fingerprint density at radius 1 is 0.311 bits per heavy atom. The zero-order chi connectivity index (χ0) is 44.4. The topological polar surface area (TPSA) is 78.9 Å². The molecule has 0 radical (unpaired) electrons. The highest BCUT2D eigenvalue weighted by Crippen LogP contribution is 2.16. The lowest BCUT2D eigenvalue weighted by atomic mass is 10.0. The maximum absolute atomic E-state index is 12.8. The first kappa shape index (κ1) is 58.9. The average Bonchev–Trinajstić information content (AvgIpc) is 3.26. The van der Waals surface area contributed by atoms with Gasteiger partial charge in [0.15, 0.2) is 6.10 Å². The van der Waals surface area contributed by atoms with Crippen LogP contribution in [-0.4, -0.2) is 37.2 Å². The van der Waals surface area contributed by atoms with Crippen molar-refractivity contribution in [3.05, 3.63) is 24.3 Å². The first-order valence-corrected chi connectivity index (χ1v) is 26.8. The van der Waals surface area contributed by atoms with Gasteiger partial charge in [-0.15, -0.1) is 0 Å². The number of unbranched alkanes of at least 4 members (excludes halogenated alkanes) is 34. The van der Waals surface area contributed by atoms with Crippen molar-refractivity contribution in [2.75, 3.05) is 13.2 Å². The van der Waals surface area contributed by atoms with E-state index >= 15 is 0 Å². The molecular weight excluding hydrogens is 757 g/mol. The van der Waals surface area contributed by atoms with Gasteiger partial charge >= 0.3 is 17.9 Å². The van der Waals surface area contributed by atoms with Crippen LogP contribution in [0.2, 0.25) is 0 Å².